The number of pyridine rings is 1. The van der Waals surface area contributed by atoms with Crippen molar-refractivity contribution < 1.29 is 9.53 Å². The maximum Gasteiger partial charge on any atom is 0.332 e. The molecular formula is C9H10N2O2. The van der Waals surface area contributed by atoms with Crippen LogP contribution in [0.4, 0.5) is 0 Å². The molecule has 0 radical (unpaired) electrons. The SMILES string of the molecule is COC(=O)/C=C(/N)c1cccnc1. The summed E-state index contributed by atoms with van der Waals surface area (Å²) < 4.78 is 4.43. The molecule has 0 unspecified atom stereocenters. The van der Waals surface area contributed by atoms with E-state index in [0.29, 0.717) is 11.3 Å². The molecule has 0 aliphatic rings. The van der Waals surface area contributed by atoms with Crippen LogP contribution < -0.4 is 5.73 Å². The van der Waals surface area contributed by atoms with Crippen molar-refractivity contribution in [2.24, 2.45) is 5.73 Å². The highest BCUT2D eigenvalue weighted by atomic mass is 16.5. The van der Waals surface area contributed by atoms with E-state index in [9.17, 15) is 4.79 Å². The van der Waals surface area contributed by atoms with E-state index in [1.807, 2.05) is 0 Å². The number of aromatic nitrogens is 1. The first-order valence-corrected chi connectivity index (χ1v) is 3.69. The Morgan fingerprint density at radius 2 is 2.46 bits per heavy atom. The van der Waals surface area contributed by atoms with Crippen LogP contribution in [0, 0.1) is 0 Å². The molecule has 0 spiro atoms. The molecule has 0 saturated heterocycles. The Balaban J connectivity index is 2.85. The monoisotopic (exact) mass is 178 g/mol. The smallest absolute Gasteiger partial charge is 0.332 e. The largest absolute Gasteiger partial charge is 0.466 e. The Morgan fingerprint density at radius 3 is 3.00 bits per heavy atom. The van der Waals surface area contributed by atoms with E-state index < -0.39 is 5.97 Å². The average molecular weight is 178 g/mol. The van der Waals surface area contributed by atoms with Crippen LogP contribution in [0.2, 0.25) is 0 Å². The molecule has 0 aliphatic heterocycles. The van der Waals surface area contributed by atoms with Crippen LogP contribution in [0.3, 0.4) is 0 Å². The van der Waals surface area contributed by atoms with Gasteiger partial charge in [0.25, 0.3) is 0 Å². The second kappa shape index (κ2) is 4.25. The summed E-state index contributed by atoms with van der Waals surface area (Å²) in [5.41, 5.74) is 6.64. The van der Waals surface area contributed by atoms with Gasteiger partial charge in [-0.05, 0) is 12.1 Å². The Labute approximate surface area is 76.0 Å². The van der Waals surface area contributed by atoms with Crippen LogP contribution in [-0.4, -0.2) is 18.1 Å². The summed E-state index contributed by atoms with van der Waals surface area (Å²) in [4.78, 5) is 14.7. The minimum absolute atomic E-state index is 0.347. The predicted molar refractivity (Wildman–Crippen MR) is 48.4 cm³/mol. The van der Waals surface area contributed by atoms with Crippen LogP contribution in [0.25, 0.3) is 5.70 Å². The summed E-state index contributed by atoms with van der Waals surface area (Å²) in [7, 11) is 1.30. The van der Waals surface area contributed by atoms with Gasteiger partial charge in [0.15, 0.2) is 0 Å². The van der Waals surface area contributed by atoms with Gasteiger partial charge in [0.1, 0.15) is 0 Å². The Hall–Kier alpha value is -1.84. The number of rotatable bonds is 2. The lowest BCUT2D eigenvalue weighted by atomic mass is 10.2. The number of carbonyl (C=O) groups is 1. The van der Waals surface area contributed by atoms with Gasteiger partial charge in [-0.2, -0.15) is 0 Å². The zero-order valence-electron chi connectivity index (χ0n) is 7.23. The van der Waals surface area contributed by atoms with Gasteiger partial charge in [-0.25, -0.2) is 4.79 Å². The molecule has 0 saturated carbocycles. The molecule has 0 aromatic carbocycles. The molecule has 68 valence electrons. The lowest BCUT2D eigenvalue weighted by Gasteiger charge is -1.99. The van der Waals surface area contributed by atoms with Gasteiger partial charge >= 0.3 is 5.97 Å². The van der Waals surface area contributed by atoms with Crippen molar-refractivity contribution in [3.05, 3.63) is 36.2 Å². The fourth-order valence-electron chi connectivity index (χ4n) is 0.803. The molecule has 0 fully saturated rings. The molecular weight excluding hydrogens is 168 g/mol. The number of methoxy groups -OCH3 is 1. The molecule has 1 heterocycles. The number of esters is 1. The zero-order chi connectivity index (χ0) is 9.68. The van der Waals surface area contributed by atoms with Crippen molar-refractivity contribution in [3.63, 3.8) is 0 Å². The Morgan fingerprint density at radius 1 is 1.69 bits per heavy atom. The normalized spacial score (nSPS) is 11.0. The molecule has 0 bridgehead atoms. The first-order valence-electron chi connectivity index (χ1n) is 3.69. The molecule has 1 aromatic rings. The number of nitrogens with zero attached hydrogens (tertiary/aromatic N) is 1. The van der Waals surface area contributed by atoms with E-state index in [0.717, 1.165) is 0 Å². The van der Waals surface area contributed by atoms with Crippen LogP contribution in [0.1, 0.15) is 5.56 Å². The standard InChI is InChI=1S/C9H10N2O2/c1-13-9(12)5-8(10)7-3-2-4-11-6-7/h2-6H,10H2,1H3/b8-5+. The molecule has 0 atom stereocenters. The number of nitrogens with two attached hydrogens (primary N) is 1. The molecule has 4 nitrogen and oxygen atoms in total. The third kappa shape index (κ3) is 2.59. The van der Waals surface area contributed by atoms with Crippen molar-refractivity contribution in [3.8, 4) is 0 Å². The lowest BCUT2D eigenvalue weighted by molar-refractivity contribution is -0.134. The topological polar surface area (TPSA) is 65.2 Å². The predicted octanol–water partition coefficient (Wildman–Crippen LogP) is 0.554. The highest BCUT2D eigenvalue weighted by Crippen LogP contribution is 2.05. The minimum atomic E-state index is -0.471. The lowest BCUT2D eigenvalue weighted by Crippen LogP contribution is -2.03. The fourth-order valence-corrected chi connectivity index (χ4v) is 0.803. The molecule has 0 amide bonds. The zero-order valence-corrected chi connectivity index (χ0v) is 7.23. The van der Waals surface area contributed by atoms with E-state index in [1.165, 1.54) is 13.2 Å². The van der Waals surface area contributed by atoms with E-state index in [2.05, 4.69) is 9.72 Å². The summed E-state index contributed by atoms with van der Waals surface area (Å²) >= 11 is 0. The van der Waals surface area contributed by atoms with Crippen molar-refractivity contribution in [1.29, 1.82) is 0 Å². The molecule has 1 rings (SSSR count). The van der Waals surface area contributed by atoms with Gasteiger partial charge < -0.3 is 10.5 Å². The summed E-state index contributed by atoms with van der Waals surface area (Å²) in [6, 6.07) is 3.51. The van der Waals surface area contributed by atoms with Crippen molar-refractivity contribution >= 4 is 11.7 Å². The first kappa shape index (κ1) is 9.25. The maximum absolute atomic E-state index is 10.8. The second-order valence-corrected chi connectivity index (χ2v) is 2.36. The van der Waals surface area contributed by atoms with Crippen LogP contribution in [0.15, 0.2) is 30.6 Å². The molecule has 2 N–H and O–H groups in total. The van der Waals surface area contributed by atoms with Gasteiger partial charge in [-0.15, -0.1) is 0 Å². The van der Waals surface area contributed by atoms with Crippen LogP contribution in [-0.2, 0) is 9.53 Å². The van der Waals surface area contributed by atoms with E-state index in [-0.39, 0.29) is 0 Å². The number of carbonyl (C=O) groups excluding carboxylic acids is 1. The summed E-state index contributed by atoms with van der Waals surface area (Å²) in [6.07, 6.45) is 4.43. The first-order chi connectivity index (χ1) is 6.24. The van der Waals surface area contributed by atoms with Crippen molar-refractivity contribution in [2.75, 3.05) is 7.11 Å². The van der Waals surface area contributed by atoms with Gasteiger partial charge in [0.05, 0.1) is 7.11 Å². The highest BCUT2D eigenvalue weighted by Gasteiger charge is 1.99. The molecule has 13 heavy (non-hydrogen) atoms. The highest BCUT2D eigenvalue weighted by molar-refractivity contribution is 5.90. The Bertz CT molecular complexity index is 320. The number of hydrogen-bond donors (Lipinski definition) is 1. The van der Waals surface area contributed by atoms with Gasteiger partial charge in [-0.3, -0.25) is 4.98 Å². The number of hydrogen-bond acceptors (Lipinski definition) is 4. The van der Waals surface area contributed by atoms with Gasteiger partial charge in [-0.1, -0.05) is 0 Å². The second-order valence-electron chi connectivity index (χ2n) is 2.36. The third-order valence-electron chi connectivity index (χ3n) is 1.47. The Kier molecular flexibility index (Phi) is 3.03. The van der Waals surface area contributed by atoms with E-state index in [1.54, 1.807) is 24.5 Å². The van der Waals surface area contributed by atoms with Crippen molar-refractivity contribution in [2.45, 2.75) is 0 Å². The van der Waals surface area contributed by atoms with Crippen LogP contribution in [0.5, 0.6) is 0 Å². The molecule has 1 aromatic heterocycles. The van der Waals surface area contributed by atoms with E-state index in [4.69, 9.17) is 5.73 Å². The summed E-state index contributed by atoms with van der Waals surface area (Å²) in [6.45, 7) is 0. The molecule has 0 aliphatic carbocycles. The minimum Gasteiger partial charge on any atom is -0.466 e. The third-order valence-corrected chi connectivity index (χ3v) is 1.47. The van der Waals surface area contributed by atoms with Gasteiger partial charge in [0.2, 0.25) is 0 Å². The number of ether oxygens (including phenoxy) is 1. The van der Waals surface area contributed by atoms with Crippen molar-refractivity contribution in [1.82, 2.24) is 4.98 Å². The summed E-state index contributed by atoms with van der Waals surface area (Å²) in [5, 5.41) is 0. The summed E-state index contributed by atoms with van der Waals surface area (Å²) in [5.74, 6) is -0.471. The van der Waals surface area contributed by atoms with E-state index >= 15 is 0 Å². The van der Waals surface area contributed by atoms with Gasteiger partial charge in [0, 0.05) is 29.7 Å². The molecule has 4 heteroatoms. The maximum atomic E-state index is 10.8. The average Bonchev–Trinajstić information content (AvgIpc) is 2.19. The fraction of sp³-hybridized carbons (Fsp3) is 0.111. The van der Waals surface area contributed by atoms with Crippen LogP contribution >= 0.6 is 0 Å². The quantitative estimate of drug-likeness (QED) is 0.530.